The van der Waals surface area contributed by atoms with Gasteiger partial charge in [0.15, 0.2) is 11.5 Å². The van der Waals surface area contributed by atoms with Crippen LogP contribution in [-0.4, -0.2) is 30.9 Å². The van der Waals surface area contributed by atoms with Crippen LogP contribution in [0.4, 0.5) is 0 Å². The van der Waals surface area contributed by atoms with Gasteiger partial charge >= 0.3 is 0 Å². The first kappa shape index (κ1) is 16.7. The van der Waals surface area contributed by atoms with E-state index in [4.69, 9.17) is 9.47 Å². The molecule has 0 saturated carbocycles. The van der Waals surface area contributed by atoms with E-state index in [2.05, 4.69) is 36.5 Å². The Bertz CT molecular complexity index is 687. The molecule has 1 heterocycles. The van der Waals surface area contributed by atoms with Crippen molar-refractivity contribution in [1.82, 2.24) is 5.32 Å². The van der Waals surface area contributed by atoms with Gasteiger partial charge < -0.3 is 14.8 Å². The van der Waals surface area contributed by atoms with Gasteiger partial charge in [0.1, 0.15) is 6.61 Å². The summed E-state index contributed by atoms with van der Waals surface area (Å²) >= 11 is 1.80. The van der Waals surface area contributed by atoms with Crippen LogP contribution in [0.5, 0.6) is 11.5 Å². The SMILES string of the molecule is Cc1ccc(CSCCNC(=O)C2COc3ccccc3O2)cc1. The third-order valence-corrected chi connectivity index (χ3v) is 4.77. The molecule has 0 spiro atoms. The zero-order valence-electron chi connectivity index (χ0n) is 13.7. The molecule has 0 aromatic heterocycles. The van der Waals surface area contributed by atoms with Gasteiger partial charge in [-0.1, -0.05) is 42.0 Å². The number of para-hydroxylation sites is 2. The van der Waals surface area contributed by atoms with Gasteiger partial charge in [-0.05, 0) is 24.6 Å². The average Bonchev–Trinajstić information content (AvgIpc) is 2.62. The third kappa shape index (κ3) is 4.45. The zero-order valence-corrected chi connectivity index (χ0v) is 14.5. The molecule has 0 aliphatic carbocycles. The van der Waals surface area contributed by atoms with Crippen molar-refractivity contribution in [2.75, 3.05) is 18.9 Å². The number of hydrogen-bond donors (Lipinski definition) is 1. The quantitative estimate of drug-likeness (QED) is 0.819. The van der Waals surface area contributed by atoms with E-state index in [-0.39, 0.29) is 12.5 Å². The number of benzene rings is 2. The molecule has 2 aromatic carbocycles. The summed E-state index contributed by atoms with van der Waals surface area (Å²) in [5.74, 6) is 3.00. The minimum absolute atomic E-state index is 0.125. The summed E-state index contributed by atoms with van der Waals surface area (Å²) in [5, 5.41) is 2.91. The maximum absolute atomic E-state index is 12.2. The van der Waals surface area contributed by atoms with Gasteiger partial charge in [0, 0.05) is 18.1 Å². The number of amides is 1. The third-order valence-electron chi connectivity index (χ3n) is 3.74. The molecule has 24 heavy (non-hydrogen) atoms. The van der Waals surface area contributed by atoms with Crippen LogP contribution in [0.3, 0.4) is 0 Å². The van der Waals surface area contributed by atoms with Gasteiger partial charge in [-0.2, -0.15) is 11.8 Å². The Hall–Kier alpha value is -2.14. The van der Waals surface area contributed by atoms with E-state index in [0.29, 0.717) is 18.0 Å². The molecule has 1 atom stereocenters. The lowest BCUT2D eigenvalue weighted by molar-refractivity contribution is -0.130. The van der Waals surface area contributed by atoms with Crippen molar-refractivity contribution < 1.29 is 14.3 Å². The smallest absolute Gasteiger partial charge is 0.264 e. The Morgan fingerprint density at radius 2 is 1.92 bits per heavy atom. The summed E-state index contributed by atoms with van der Waals surface area (Å²) in [6.07, 6.45) is -0.581. The first-order valence-electron chi connectivity index (χ1n) is 8.02. The summed E-state index contributed by atoms with van der Waals surface area (Å²) in [6, 6.07) is 15.9. The second-order valence-electron chi connectivity index (χ2n) is 5.69. The Kier molecular flexibility index (Phi) is 5.64. The topological polar surface area (TPSA) is 47.6 Å². The van der Waals surface area contributed by atoms with Crippen molar-refractivity contribution in [2.24, 2.45) is 0 Å². The number of thioether (sulfide) groups is 1. The highest BCUT2D eigenvalue weighted by atomic mass is 32.2. The van der Waals surface area contributed by atoms with Gasteiger partial charge in [0.25, 0.3) is 5.91 Å². The van der Waals surface area contributed by atoms with E-state index in [1.165, 1.54) is 11.1 Å². The molecule has 2 aromatic rings. The largest absolute Gasteiger partial charge is 0.485 e. The van der Waals surface area contributed by atoms with Crippen molar-refractivity contribution in [1.29, 1.82) is 0 Å². The summed E-state index contributed by atoms with van der Waals surface area (Å²) in [5.41, 5.74) is 2.57. The predicted molar refractivity (Wildman–Crippen MR) is 96.7 cm³/mol. The van der Waals surface area contributed by atoms with Crippen molar-refractivity contribution in [3.8, 4) is 11.5 Å². The lowest BCUT2D eigenvalue weighted by Gasteiger charge is -2.25. The lowest BCUT2D eigenvalue weighted by Crippen LogP contribution is -2.44. The second kappa shape index (κ2) is 8.11. The Morgan fingerprint density at radius 3 is 2.71 bits per heavy atom. The fourth-order valence-corrected chi connectivity index (χ4v) is 3.20. The number of carbonyl (C=O) groups excluding carboxylic acids is 1. The fourth-order valence-electron chi connectivity index (χ4n) is 2.38. The molecule has 3 rings (SSSR count). The molecule has 1 N–H and O–H groups in total. The van der Waals surface area contributed by atoms with Crippen LogP contribution in [-0.2, 0) is 10.5 Å². The maximum atomic E-state index is 12.2. The Balaban J connectivity index is 1.36. The first-order valence-corrected chi connectivity index (χ1v) is 9.17. The molecule has 5 heteroatoms. The number of carbonyl (C=O) groups is 1. The van der Waals surface area contributed by atoms with E-state index in [1.807, 2.05) is 24.3 Å². The molecule has 0 radical (unpaired) electrons. The molecular weight excluding hydrogens is 322 g/mol. The average molecular weight is 343 g/mol. The van der Waals surface area contributed by atoms with E-state index >= 15 is 0 Å². The highest BCUT2D eigenvalue weighted by molar-refractivity contribution is 7.98. The van der Waals surface area contributed by atoms with Gasteiger partial charge in [0.2, 0.25) is 6.10 Å². The molecule has 1 aliphatic heterocycles. The highest BCUT2D eigenvalue weighted by Gasteiger charge is 2.26. The van der Waals surface area contributed by atoms with Crippen LogP contribution >= 0.6 is 11.8 Å². The normalized spacial score (nSPS) is 15.8. The molecule has 1 aliphatic rings. The molecule has 1 unspecified atom stereocenters. The van der Waals surface area contributed by atoms with E-state index in [0.717, 1.165) is 11.5 Å². The second-order valence-corrected chi connectivity index (χ2v) is 6.80. The Labute approximate surface area is 146 Å². The molecule has 0 fully saturated rings. The summed E-state index contributed by atoms with van der Waals surface area (Å²) < 4.78 is 11.2. The summed E-state index contributed by atoms with van der Waals surface area (Å²) in [4.78, 5) is 12.2. The van der Waals surface area contributed by atoms with Crippen LogP contribution in [0.15, 0.2) is 48.5 Å². The lowest BCUT2D eigenvalue weighted by atomic mass is 10.2. The van der Waals surface area contributed by atoms with Crippen LogP contribution in [0.2, 0.25) is 0 Å². The van der Waals surface area contributed by atoms with Gasteiger partial charge in [-0.15, -0.1) is 0 Å². The van der Waals surface area contributed by atoms with Crippen LogP contribution in [0, 0.1) is 6.92 Å². The van der Waals surface area contributed by atoms with Crippen molar-refractivity contribution >= 4 is 17.7 Å². The number of hydrogen-bond acceptors (Lipinski definition) is 4. The fraction of sp³-hybridized carbons (Fsp3) is 0.316. The number of nitrogens with one attached hydrogen (secondary N) is 1. The Morgan fingerprint density at radius 1 is 1.17 bits per heavy atom. The number of rotatable bonds is 6. The number of ether oxygens (including phenoxy) is 2. The van der Waals surface area contributed by atoms with E-state index in [9.17, 15) is 4.79 Å². The zero-order chi connectivity index (χ0) is 16.8. The minimum Gasteiger partial charge on any atom is -0.485 e. The molecular formula is C19H21NO3S. The highest BCUT2D eigenvalue weighted by Crippen LogP contribution is 2.30. The monoisotopic (exact) mass is 343 g/mol. The van der Waals surface area contributed by atoms with E-state index in [1.54, 1.807) is 11.8 Å². The molecule has 126 valence electrons. The first-order chi connectivity index (χ1) is 11.7. The molecule has 4 nitrogen and oxygen atoms in total. The van der Waals surface area contributed by atoms with Crippen molar-refractivity contribution in [2.45, 2.75) is 18.8 Å². The van der Waals surface area contributed by atoms with Gasteiger partial charge in [-0.25, -0.2) is 0 Å². The van der Waals surface area contributed by atoms with Crippen LogP contribution in [0.25, 0.3) is 0 Å². The summed E-state index contributed by atoms with van der Waals surface area (Å²) in [6.45, 7) is 2.96. The van der Waals surface area contributed by atoms with Crippen LogP contribution in [0.1, 0.15) is 11.1 Å². The minimum atomic E-state index is -0.581. The number of fused-ring (bicyclic) bond motifs is 1. The van der Waals surface area contributed by atoms with Crippen molar-refractivity contribution in [3.05, 3.63) is 59.7 Å². The van der Waals surface area contributed by atoms with E-state index < -0.39 is 6.10 Å². The molecule has 1 amide bonds. The maximum Gasteiger partial charge on any atom is 0.264 e. The van der Waals surface area contributed by atoms with Crippen LogP contribution < -0.4 is 14.8 Å². The molecule has 0 saturated heterocycles. The van der Waals surface area contributed by atoms with Gasteiger partial charge in [0.05, 0.1) is 0 Å². The standard InChI is InChI=1S/C19H21NO3S/c1-14-6-8-15(9-7-14)13-24-11-10-20-19(21)18-12-22-16-4-2-3-5-17(16)23-18/h2-9,18H,10-13H2,1H3,(H,20,21). The predicted octanol–water partition coefficient (Wildman–Crippen LogP) is 3.18. The summed E-state index contributed by atoms with van der Waals surface area (Å²) in [7, 11) is 0. The van der Waals surface area contributed by atoms with Crippen molar-refractivity contribution in [3.63, 3.8) is 0 Å². The number of aryl methyl sites for hydroxylation is 1. The van der Waals surface area contributed by atoms with Gasteiger partial charge in [-0.3, -0.25) is 4.79 Å². The molecule has 0 bridgehead atoms.